The molecule has 1 heterocycles. The van der Waals surface area contributed by atoms with Crippen LogP contribution in [0.1, 0.15) is 11.1 Å². The van der Waals surface area contributed by atoms with Gasteiger partial charge in [-0.25, -0.2) is 9.82 Å². The Morgan fingerprint density at radius 1 is 1.07 bits per heavy atom. The Hall–Kier alpha value is -2.23. The van der Waals surface area contributed by atoms with Crippen molar-refractivity contribution in [3.8, 4) is 0 Å². The second kappa shape index (κ2) is 10.2. The van der Waals surface area contributed by atoms with Crippen molar-refractivity contribution in [3.05, 3.63) is 71.5 Å². The molecular weight excluding hydrogens is 403 g/mol. The molecule has 1 aromatic heterocycles. The van der Waals surface area contributed by atoms with Crippen molar-refractivity contribution >= 4 is 47.0 Å². The van der Waals surface area contributed by atoms with Crippen molar-refractivity contribution < 1.29 is 9.18 Å². The number of hydrogen-bond donors (Lipinski definition) is 1. The van der Waals surface area contributed by atoms with E-state index in [1.807, 2.05) is 18.2 Å². The third-order valence-corrected chi connectivity index (χ3v) is 6.48. The molecule has 0 bridgehead atoms. The van der Waals surface area contributed by atoms with Gasteiger partial charge in [0.2, 0.25) is 0 Å². The molecule has 2 aromatic carbocycles. The summed E-state index contributed by atoms with van der Waals surface area (Å²) >= 11 is 4.36. The highest BCUT2D eigenvalue weighted by atomic mass is 32.2. The number of hydrazone groups is 1. The highest BCUT2D eigenvalue weighted by molar-refractivity contribution is 8.03. The van der Waals surface area contributed by atoms with Gasteiger partial charge in [0.25, 0.3) is 5.91 Å². The zero-order chi connectivity index (χ0) is 18.9. The van der Waals surface area contributed by atoms with Crippen molar-refractivity contribution in [1.29, 1.82) is 0 Å². The van der Waals surface area contributed by atoms with Gasteiger partial charge in [0, 0.05) is 11.3 Å². The Kier molecular flexibility index (Phi) is 7.37. The molecule has 0 atom stereocenters. The Morgan fingerprint density at radius 3 is 2.56 bits per heavy atom. The van der Waals surface area contributed by atoms with Crippen LogP contribution in [0.25, 0.3) is 0 Å². The van der Waals surface area contributed by atoms with Gasteiger partial charge < -0.3 is 0 Å². The van der Waals surface area contributed by atoms with Crippen molar-refractivity contribution in [3.63, 3.8) is 0 Å². The molecule has 27 heavy (non-hydrogen) atoms. The maximum atomic E-state index is 13.4. The number of aromatic nitrogens is 2. The fraction of sp³-hybridized carbons (Fsp3) is 0.111. The van der Waals surface area contributed by atoms with Crippen LogP contribution >= 0.6 is 34.9 Å². The zero-order valence-electron chi connectivity index (χ0n) is 14.0. The summed E-state index contributed by atoms with van der Waals surface area (Å²) in [5, 5.41) is 12.0. The van der Waals surface area contributed by atoms with Gasteiger partial charge in [-0.05, 0) is 11.6 Å². The number of thioether (sulfide) groups is 2. The minimum absolute atomic E-state index is 0.159. The molecule has 0 aliphatic heterocycles. The lowest BCUT2D eigenvalue weighted by Crippen LogP contribution is -2.19. The second-order valence-corrected chi connectivity index (χ2v) is 8.63. The lowest BCUT2D eigenvalue weighted by Gasteiger charge is -1.98. The third-order valence-electron chi connectivity index (χ3n) is 3.22. The van der Waals surface area contributed by atoms with Crippen LogP contribution in [0.2, 0.25) is 0 Å². The predicted octanol–water partition coefficient (Wildman–Crippen LogP) is 4.21. The first kappa shape index (κ1) is 19.5. The number of nitrogens with zero attached hydrogens (tertiary/aromatic N) is 3. The number of carbonyl (C=O) groups excluding carboxylic acids is 1. The molecule has 0 aliphatic carbocycles. The first-order valence-electron chi connectivity index (χ1n) is 7.90. The van der Waals surface area contributed by atoms with Gasteiger partial charge in [0.1, 0.15) is 5.82 Å². The summed E-state index contributed by atoms with van der Waals surface area (Å²) < 4.78 is 15.0. The maximum Gasteiger partial charge on any atom is 0.250 e. The van der Waals surface area contributed by atoms with Gasteiger partial charge in [0.15, 0.2) is 8.68 Å². The van der Waals surface area contributed by atoms with Gasteiger partial charge in [-0.3, -0.25) is 4.79 Å². The van der Waals surface area contributed by atoms with Crippen LogP contribution in [0, 0.1) is 5.82 Å². The van der Waals surface area contributed by atoms with Crippen LogP contribution in [0.3, 0.4) is 0 Å². The molecule has 3 aromatic rings. The Morgan fingerprint density at radius 2 is 1.78 bits per heavy atom. The van der Waals surface area contributed by atoms with Gasteiger partial charge >= 0.3 is 0 Å². The number of carbonyl (C=O) groups is 1. The number of amides is 1. The first-order chi connectivity index (χ1) is 13.2. The Balaban J connectivity index is 1.41. The van der Waals surface area contributed by atoms with E-state index in [2.05, 4.69) is 32.9 Å². The van der Waals surface area contributed by atoms with Gasteiger partial charge in [0.05, 0.1) is 12.0 Å². The Bertz CT molecular complexity index is 918. The molecule has 3 rings (SSSR count). The van der Waals surface area contributed by atoms with Gasteiger partial charge in [-0.2, -0.15) is 5.10 Å². The molecular formula is C18H15FN4OS3. The van der Waals surface area contributed by atoms with Crippen molar-refractivity contribution in [1.82, 2.24) is 15.6 Å². The summed E-state index contributed by atoms with van der Waals surface area (Å²) in [6.07, 6.45) is 1.28. The quantitative estimate of drug-likeness (QED) is 0.337. The molecule has 0 saturated carbocycles. The van der Waals surface area contributed by atoms with E-state index in [4.69, 9.17) is 0 Å². The molecule has 9 heteroatoms. The molecule has 1 N–H and O–H groups in total. The second-order valence-electron chi connectivity index (χ2n) is 5.21. The molecule has 138 valence electrons. The van der Waals surface area contributed by atoms with E-state index in [-0.39, 0.29) is 17.5 Å². The molecule has 0 aliphatic rings. The molecule has 0 saturated heterocycles. The molecule has 1 amide bonds. The van der Waals surface area contributed by atoms with Crippen LogP contribution in [0.15, 0.2) is 68.4 Å². The molecule has 0 fully saturated rings. The molecule has 0 radical (unpaired) electrons. The third kappa shape index (κ3) is 6.46. The van der Waals surface area contributed by atoms with E-state index in [1.165, 1.54) is 40.9 Å². The van der Waals surface area contributed by atoms with Gasteiger partial charge in [-0.15, -0.1) is 10.2 Å². The summed E-state index contributed by atoms with van der Waals surface area (Å²) in [6, 6.07) is 16.3. The largest absolute Gasteiger partial charge is 0.272 e. The summed E-state index contributed by atoms with van der Waals surface area (Å²) in [4.78, 5) is 11.8. The number of hydrogen-bond acceptors (Lipinski definition) is 7. The summed E-state index contributed by atoms with van der Waals surface area (Å²) in [5.74, 6) is 0.304. The smallest absolute Gasteiger partial charge is 0.250 e. The van der Waals surface area contributed by atoms with E-state index in [1.54, 1.807) is 30.0 Å². The normalized spacial score (nSPS) is 11.0. The zero-order valence-corrected chi connectivity index (χ0v) is 16.5. The first-order valence-corrected chi connectivity index (χ1v) is 10.7. The fourth-order valence-corrected chi connectivity index (χ4v) is 4.71. The van der Waals surface area contributed by atoms with E-state index in [9.17, 15) is 9.18 Å². The monoisotopic (exact) mass is 418 g/mol. The summed E-state index contributed by atoms with van der Waals surface area (Å²) in [7, 11) is 0. The number of benzene rings is 2. The van der Waals surface area contributed by atoms with E-state index >= 15 is 0 Å². The number of halogens is 1. The topological polar surface area (TPSA) is 67.2 Å². The number of nitrogens with one attached hydrogen (secondary N) is 1. The van der Waals surface area contributed by atoms with Crippen molar-refractivity contribution in [2.24, 2.45) is 5.10 Å². The lowest BCUT2D eigenvalue weighted by atomic mass is 10.2. The average Bonchev–Trinajstić information content (AvgIpc) is 3.15. The van der Waals surface area contributed by atoms with Crippen LogP contribution in [0.5, 0.6) is 0 Å². The lowest BCUT2D eigenvalue weighted by molar-refractivity contribution is -0.118. The Labute approximate surface area is 168 Å². The fourth-order valence-electron chi connectivity index (χ4n) is 1.95. The maximum absolute atomic E-state index is 13.4. The van der Waals surface area contributed by atoms with E-state index < -0.39 is 0 Å². The minimum Gasteiger partial charge on any atom is -0.272 e. The highest BCUT2D eigenvalue weighted by Gasteiger charge is 2.08. The molecule has 0 spiro atoms. The molecule has 5 nitrogen and oxygen atoms in total. The average molecular weight is 419 g/mol. The highest BCUT2D eigenvalue weighted by Crippen LogP contribution is 2.30. The van der Waals surface area contributed by atoms with Crippen LogP contribution in [0.4, 0.5) is 4.39 Å². The van der Waals surface area contributed by atoms with Crippen LogP contribution in [-0.4, -0.2) is 28.1 Å². The summed E-state index contributed by atoms with van der Waals surface area (Å²) in [6.45, 7) is 0. The predicted molar refractivity (Wildman–Crippen MR) is 109 cm³/mol. The standard InChI is InChI=1S/C18H15FN4OS3/c19-15-9-5-4-8-14(15)10-20-21-16(24)12-26-18-23-22-17(27-18)25-11-13-6-2-1-3-7-13/h1-10H,11-12H2,(H,21,24)/b20-10-. The van der Waals surface area contributed by atoms with Crippen molar-refractivity contribution in [2.75, 3.05) is 5.75 Å². The summed E-state index contributed by atoms with van der Waals surface area (Å²) in [5.41, 5.74) is 3.91. The SMILES string of the molecule is O=C(CSc1nnc(SCc2ccccc2)s1)N/N=C\c1ccccc1F. The van der Waals surface area contributed by atoms with E-state index in [0.717, 1.165) is 14.4 Å². The molecule has 0 unspecified atom stereocenters. The van der Waals surface area contributed by atoms with Crippen molar-refractivity contribution in [2.45, 2.75) is 14.4 Å². The van der Waals surface area contributed by atoms with E-state index in [0.29, 0.717) is 5.56 Å². The minimum atomic E-state index is -0.390. The van der Waals surface area contributed by atoms with Crippen LogP contribution in [-0.2, 0) is 10.5 Å². The van der Waals surface area contributed by atoms with Crippen LogP contribution < -0.4 is 5.43 Å². The van der Waals surface area contributed by atoms with Gasteiger partial charge in [-0.1, -0.05) is 83.4 Å². The number of rotatable bonds is 8.